The molecule has 2 aliphatic rings. The summed E-state index contributed by atoms with van der Waals surface area (Å²) in [6.45, 7) is 0. The third-order valence-corrected chi connectivity index (χ3v) is 3.03. The molecule has 2 nitrogen and oxygen atoms in total. The zero-order chi connectivity index (χ0) is 10.5. The zero-order valence-corrected chi connectivity index (χ0v) is 8.44. The molecule has 0 amide bonds. The highest BCUT2D eigenvalue weighted by molar-refractivity contribution is 6.05. The van der Waals surface area contributed by atoms with E-state index in [0.29, 0.717) is 0 Å². The van der Waals surface area contributed by atoms with Gasteiger partial charge in [-0.1, -0.05) is 12.1 Å². The van der Waals surface area contributed by atoms with Crippen molar-refractivity contribution in [2.75, 3.05) is 0 Å². The van der Waals surface area contributed by atoms with Crippen LogP contribution in [0, 0.1) is 0 Å². The monoisotopic (exact) mass is 208 g/mol. The van der Waals surface area contributed by atoms with Crippen LogP contribution in [0.5, 0.6) is 11.5 Å². The molecule has 0 saturated heterocycles. The molecule has 2 aromatic rings. The Morgan fingerprint density at radius 1 is 0.625 bits per heavy atom. The Balaban J connectivity index is 2.29. The van der Waals surface area contributed by atoms with Crippen LogP contribution in [0.2, 0.25) is 0 Å². The third-order valence-electron chi connectivity index (χ3n) is 3.03. The van der Waals surface area contributed by atoms with Gasteiger partial charge in [0, 0.05) is 10.8 Å². The molecule has 0 unspecified atom stereocenters. The standard InChI is InChI=1S/C14H8O2/c1-2-10-6-8-16-12-4-3-11-13(14(10)12)9(1)5-7-15-11/h1-8H. The molecular weight excluding hydrogens is 200 g/mol. The van der Waals surface area contributed by atoms with E-state index in [9.17, 15) is 0 Å². The Kier molecular flexibility index (Phi) is 1.33. The fourth-order valence-electron chi connectivity index (χ4n) is 2.32. The molecule has 16 heavy (non-hydrogen) atoms. The number of ether oxygens (including phenoxy) is 2. The Bertz CT molecular complexity index is 607. The molecule has 0 N–H and O–H groups in total. The molecule has 76 valence electrons. The van der Waals surface area contributed by atoms with Gasteiger partial charge in [-0.3, -0.25) is 0 Å². The fraction of sp³-hybridized carbons (Fsp3) is 0. The zero-order valence-electron chi connectivity index (χ0n) is 8.44. The summed E-state index contributed by atoms with van der Waals surface area (Å²) in [6.07, 6.45) is 7.40. The van der Waals surface area contributed by atoms with Gasteiger partial charge in [-0.2, -0.15) is 0 Å². The van der Waals surface area contributed by atoms with E-state index in [1.165, 1.54) is 11.1 Å². The second-order valence-corrected chi connectivity index (χ2v) is 3.90. The first-order valence-corrected chi connectivity index (χ1v) is 5.20. The van der Waals surface area contributed by atoms with Gasteiger partial charge in [0.15, 0.2) is 0 Å². The first kappa shape index (κ1) is 7.99. The molecule has 0 aromatic heterocycles. The van der Waals surface area contributed by atoms with Crippen LogP contribution in [0.3, 0.4) is 0 Å². The summed E-state index contributed by atoms with van der Waals surface area (Å²) in [5.41, 5.74) is 2.36. The minimum absolute atomic E-state index is 0.900. The van der Waals surface area contributed by atoms with E-state index in [4.69, 9.17) is 9.47 Å². The Labute approximate surface area is 92.4 Å². The predicted molar refractivity (Wildman–Crippen MR) is 63.3 cm³/mol. The van der Waals surface area contributed by atoms with Gasteiger partial charge in [-0.25, -0.2) is 0 Å². The molecule has 0 aliphatic carbocycles. The summed E-state index contributed by atoms with van der Waals surface area (Å²) in [7, 11) is 0. The van der Waals surface area contributed by atoms with Gasteiger partial charge in [0.2, 0.25) is 0 Å². The first-order valence-electron chi connectivity index (χ1n) is 5.20. The van der Waals surface area contributed by atoms with Crippen molar-refractivity contribution in [1.82, 2.24) is 0 Å². The molecule has 0 atom stereocenters. The Morgan fingerprint density at radius 3 is 1.62 bits per heavy atom. The van der Waals surface area contributed by atoms with E-state index < -0.39 is 0 Å². The van der Waals surface area contributed by atoms with Crippen molar-refractivity contribution in [1.29, 1.82) is 0 Å². The number of benzene rings is 2. The van der Waals surface area contributed by atoms with Crippen LogP contribution in [0.4, 0.5) is 0 Å². The second-order valence-electron chi connectivity index (χ2n) is 3.90. The molecule has 0 spiro atoms. The van der Waals surface area contributed by atoms with E-state index in [1.807, 2.05) is 24.3 Å². The normalized spacial score (nSPS) is 14.8. The van der Waals surface area contributed by atoms with Crippen molar-refractivity contribution in [2.45, 2.75) is 0 Å². The fourth-order valence-corrected chi connectivity index (χ4v) is 2.32. The molecular formula is C14H8O2. The quantitative estimate of drug-likeness (QED) is 0.659. The van der Waals surface area contributed by atoms with Gasteiger partial charge in [0.05, 0.1) is 12.5 Å². The molecule has 2 heterocycles. The molecule has 2 aromatic carbocycles. The van der Waals surface area contributed by atoms with Crippen LogP contribution in [0.1, 0.15) is 11.1 Å². The SMILES string of the molecule is C1=Cc2ccc3c4c(ccc(c24)O1)OC=C3. The maximum absolute atomic E-state index is 5.51. The number of hydrogen-bond donors (Lipinski definition) is 0. The molecule has 2 heteroatoms. The van der Waals surface area contributed by atoms with Crippen LogP contribution < -0.4 is 9.47 Å². The van der Waals surface area contributed by atoms with Crippen molar-refractivity contribution in [2.24, 2.45) is 0 Å². The molecule has 0 fully saturated rings. The lowest BCUT2D eigenvalue weighted by atomic mass is 9.96. The number of hydrogen-bond acceptors (Lipinski definition) is 2. The van der Waals surface area contributed by atoms with Gasteiger partial charge >= 0.3 is 0 Å². The van der Waals surface area contributed by atoms with Crippen molar-refractivity contribution in [3.8, 4) is 11.5 Å². The van der Waals surface area contributed by atoms with E-state index in [0.717, 1.165) is 22.3 Å². The summed E-state index contributed by atoms with van der Waals surface area (Å²) in [6, 6.07) is 8.13. The minimum atomic E-state index is 0.900. The molecule has 4 rings (SSSR count). The van der Waals surface area contributed by atoms with E-state index in [2.05, 4.69) is 12.1 Å². The molecule has 2 aliphatic heterocycles. The van der Waals surface area contributed by atoms with Gasteiger partial charge < -0.3 is 9.47 Å². The van der Waals surface area contributed by atoms with Crippen LogP contribution in [-0.4, -0.2) is 0 Å². The second kappa shape index (κ2) is 2.67. The Morgan fingerprint density at radius 2 is 1.12 bits per heavy atom. The lowest BCUT2D eigenvalue weighted by molar-refractivity contribution is 0.476. The molecule has 0 bridgehead atoms. The third kappa shape index (κ3) is 0.865. The highest BCUT2D eigenvalue weighted by Gasteiger charge is 2.17. The average Bonchev–Trinajstić information content (AvgIpc) is 2.36. The molecule has 0 radical (unpaired) electrons. The average molecular weight is 208 g/mol. The highest BCUT2D eigenvalue weighted by Crippen LogP contribution is 2.42. The minimum Gasteiger partial charge on any atom is -0.464 e. The summed E-state index contributed by atoms with van der Waals surface area (Å²) >= 11 is 0. The van der Waals surface area contributed by atoms with E-state index in [1.54, 1.807) is 12.5 Å². The van der Waals surface area contributed by atoms with Crippen molar-refractivity contribution >= 4 is 22.9 Å². The predicted octanol–water partition coefficient (Wildman–Crippen LogP) is 3.57. The molecule has 0 saturated carbocycles. The van der Waals surface area contributed by atoms with Crippen LogP contribution in [0.25, 0.3) is 22.9 Å². The summed E-state index contributed by atoms with van der Waals surface area (Å²) in [5, 5.41) is 2.28. The summed E-state index contributed by atoms with van der Waals surface area (Å²) in [4.78, 5) is 0. The van der Waals surface area contributed by atoms with Crippen molar-refractivity contribution < 1.29 is 9.47 Å². The van der Waals surface area contributed by atoms with Gasteiger partial charge in [0.25, 0.3) is 0 Å². The lowest BCUT2D eigenvalue weighted by Gasteiger charge is -2.19. The van der Waals surface area contributed by atoms with E-state index in [-0.39, 0.29) is 0 Å². The maximum atomic E-state index is 5.51. The van der Waals surface area contributed by atoms with Gasteiger partial charge in [0.1, 0.15) is 11.5 Å². The van der Waals surface area contributed by atoms with Crippen LogP contribution >= 0.6 is 0 Å². The summed E-state index contributed by atoms with van der Waals surface area (Å²) in [5.74, 6) is 1.80. The van der Waals surface area contributed by atoms with Gasteiger partial charge in [-0.05, 0) is 35.4 Å². The number of rotatable bonds is 0. The van der Waals surface area contributed by atoms with Crippen molar-refractivity contribution in [3.05, 3.63) is 47.9 Å². The topological polar surface area (TPSA) is 18.5 Å². The highest BCUT2D eigenvalue weighted by atomic mass is 16.5. The largest absolute Gasteiger partial charge is 0.464 e. The van der Waals surface area contributed by atoms with Crippen molar-refractivity contribution in [3.63, 3.8) is 0 Å². The Hall–Kier alpha value is -2.22. The maximum Gasteiger partial charge on any atom is 0.135 e. The smallest absolute Gasteiger partial charge is 0.135 e. The van der Waals surface area contributed by atoms with E-state index >= 15 is 0 Å². The van der Waals surface area contributed by atoms with Gasteiger partial charge in [-0.15, -0.1) is 0 Å². The van der Waals surface area contributed by atoms with Crippen LogP contribution in [0.15, 0.2) is 36.8 Å². The summed E-state index contributed by atoms with van der Waals surface area (Å²) < 4.78 is 11.0. The van der Waals surface area contributed by atoms with Crippen LogP contribution in [-0.2, 0) is 0 Å². The first-order chi connectivity index (χ1) is 7.93. The lowest BCUT2D eigenvalue weighted by Crippen LogP contribution is -1.98.